The van der Waals surface area contributed by atoms with Gasteiger partial charge in [-0.25, -0.2) is 4.39 Å². The first kappa shape index (κ1) is 12.5. The number of nitrogens with one attached hydrogen (secondary N) is 2. The number of hydrogen-bond acceptors (Lipinski definition) is 3. The number of aromatic nitrogens is 2. The lowest BCUT2D eigenvalue weighted by Gasteiger charge is -2.05. The number of H-pyrrole nitrogens is 1. The molecule has 1 aromatic carbocycles. The zero-order valence-electron chi connectivity index (χ0n) is 11.0. The lowest BCUT2D eigenvalue weighted by Crippen LogP contribution is -2.01. The van der Waals surface area contributed by atoms with Gasteiger partial charge in [-0.3, -0.25) is 4.98 Å². The SMILES string of the molecule is COc1ccc2[nH]c(CNc3ccncc3F)cc2c1. The van der Waals surface area contributed by atoms with Gasteiger partial charge in [-0.2, -0.15) is 0 Å². The van der Waals surface area contributed by atoms with Gasteiger partial charge >= 0.3 is 0 Å². The van der Waals surface area contributed by atoms with E-state index in [0.29, 0.717) is 12.2 Å². The smallest absolute Gasteiger partial charge is 0.164 e. The molecule has 2 N–H and O–H groups in total. The molecule has 3 aromatic rings. The van der Waals surface area contributed by atoms with Crippen molar-refractivity contribution < 1.29 is 9.13 Å². The van der Waals surface area contributed by atoms with Crippen molar-refractivity contribution in [3.8, 4) is 5.75 Å². The lowest BCUT2D eigenvalue weighted by molar-refractivity contribution is 0.415. The summed E-state index contributed by atoms with van der Waals surface area (Å²) in [6.07, 6.45) is 2.75. The normalized spacial score (nSPS) is 10.7. The molecular weight excluding hydrogens is 257 g/mol. The number of anilines is 1. The molecule has 0 fully saturated rings. The van der Waals surface area contributed by atoms with Gasteiger partial charge in [0, 0.05) is 22.8 Å². The molecule has 102 valence electrons. The number of pyridine rings is 1. The van der Waals surface area contributed by atoms with Crippen LogP contribution in [0.2, 0.25) is 0 Å². The Balaban J connectivity index is 1.79. The monoisotopic (exact) mass is 271 g/mol. The molecule has 20 heavy (non-hydrogen) atoms. The van der Waals surface area contributed by atoms with Gasteiger partial charge < -0.3 is 15.0 Å². The van der Waals surface area contributed by atoms with E-state index in [1.807, 2.05) is 24.3 Å². The fourth-order valence-corrected chi connectivity index (χ4v) is 2.10. The Kier molecular flexibility index (Phi) is 3.25. The summed E-state index contributed by atoms with van der Waals surface area (Å²) in [4.78, 5) is 7.00. The Morgan fingerprint density at radius 1 is 1.30 bits per heavy atom. The van der Waals surface area contributed by atoms with Crippen LogP contribution in [0.1, 0.15) is 5.69 Å². The van der Waals surface area contributed by atoms with Crippen LogP contribution in [0.15, 0.2) is 42.7 Å². The second-order valence-corrected chi connectivity index (χ2v) is 4.46. The van der Waals surface area contributed by atoms with Crippen molar-refractivity contribution in [1.82, 2.24) is 9.97 Å². The van der Waals surface area contributed by atoms with Crippen molar-refractivity contribution in [3.63, 3.8) is 0 Å². The average molecular weight is 271 g/mol. The van der Waals surface area contributed by atoms with Crippen LogP contribution in [-0.2, 0) is 6.54 Å². The molecule has 0 unspecified atom stereocenters. The molecule has 2 aromatic heterocycles. The molecule has 0 aliphatic rings. The minimum atomic E-state index is -0.356. The number of methoxy groups -OCH3 is 1. The van der Waals surface area contributed by atoms with E-state index in [-0.39, 0.29) is 5.82 Å². The van der Waals surface area contributed by atoms with E-state index in [0.717, 1.165) is 22.3 Å². The largest absolute Gasteiger partial charge is 0.497 e. The molecule has 0 radical (unpaired) electrons. The van der Waals surface area contributed by atoms with Gasteiger partial charge in [0.1, 0.15) is 5.75 Å². The van der Waals surface area contributed by atoms with Crippen molar-refractivity contribution in [2.75, 3.05) is 12.4 Å². The van der Waals surface area contributed by atoms with Crippen LogP contribution in [0.4, 0.5) is 10.1 Å². The standard InChI is InChI=1S/C15H14FN3O/c1-20-12-2-3-14-10(7-12)6-11(19-14)8-18-15-4-5-17-9-13(15)16/h2-7,9,19H,8H2,1H3,(H,17,18). The third-order valence-corrected chi connectivity index (χ3v) is 3.13. The quantitative estimate of drug-likeness (QED) is 0.765. The molecular formula is C15H14FN3O. The second-order valence-electron chi connectivity index (χ2n) is 4.46. The molecule has 0 saturated heterocycles. The van der Waals surface area contributed by atoms with Crippen LogP contribution in [0.3, 0.4) is 0 Å². The van der Waals surface area contributed by atoms with Crippen LogP contribution in [-0.4, -0.2) is 17.1 Å². The highest BCUT2D eigenvalue weighted by Crippen LogP contribution is 2.22. The molecule has 0 atom stereocenters. The van der Waals surface area contributed by atoms with Crippen LogP contribution in [0.25, 0.3) is 10.9 Å². The van der Waals surface area contributed by atoms with Gasteiger partial charge in [-0.05, 0) is 30.3 Å². The van der Waals surface area contributed by atoms with E-state index in [1.54, 1.807) is 19.4 Å². The highest BCUT2D eigenvalue weighted by molar-refractivity contribution is 5.82. The molecule has 5 heteroatoms. The summed E-state index contributed by atoms with van der Waals surface area (Å²) in [5, 5.41) is 4.11. The molecule has 0 aliphatic heterocycles. The molecule has 0 saturated carbocycles. The third-order valence-electron chi connectivity index (χ3n) is 3.13. The maximum atomic E-state index is 13.4. The number of hydrogen-bond donors (Lipinski definition) is 2. The van der Waals surface area contributed by atoms with Crippen LogP contribution in [0.5, 0.6) is 5.75 Å². The number of aromatic amines is 1. The predicted octanol–water partition coefficient (Wildman–Crippen LogP) is 3.32. The molecule has 0 spiro atoms. The lowest BCUT2D eigenvalue weighted by atomic mass is 10.2. The Bertz CT molecular complexity index is 739. The third kappa shape index (κ3) is 2.42. The summed E-state index contributed by atoms with van der Waals surface area (Å²) < 4.78 is 18.6. The van der Waals surface area contributed by atoms with Crippen LogP contribution in [0, 0.1) is 5.82 Å². The first-order valence-corrected chi connectivity index (χ1v) is 6.25. The average Bonchev–Trinajstić information content (AvgIpc) is 2.88. The number of fused-ring (bicyclic) bond motifs is 1. The highest BCUT2D eigenvalue weighted by atomic mass is 19.1. The van der Waals surface area contributed by atoms with Gasteiger partial charge in [0.15, 0.2) is 5.82 Å². The number of nitrogens with zero attached hydrogens (tertiary/aromatic N) is 1. The zero-order chi connectivity index (χ0) is 13.9. The minimum absolute atomic E-state index is 0.356. The maximum absolute atomic E-state index is 13.4. The zero-order valence-corrected chi connectivity index (χ0v) is 11.0. The second kappa shape index (κ2) is 5.21. The Morgan fingerprint density at radius 3 is 3.00 bits per heavy atom. The first-order chi connectivity index (χ1) is 9.76. The predicted molar refractivity (Wildman–Crippen MR) is 76.4 cm³/mol. The molecule has 2 heterocycles. The van der Waals surface area contributed by atoms with E-state index in [2.05, 4.69) is 15.3 Å². The van der Waals surface area contributed by atoms with Gasteiger partial charge in [0.05, 0.1) is 25.5 Å². The fourth-order valence-electron chi connectivity index (χ4n) is 2.10. The van der Waals surface area contributed by atoms with Crippen molar-refractivity contribution >= 4 is 16.6 Å². The summed E-state index contributed by atoms with van der Waals surface area (Å²) in [7, 11) is 1.64. The summed E-state index contributed by atoms with van der Waals surface area (Å²) in [5.41, 5.74) is 2.44. The maximum Gasteiger partial charge on any atom is 0.164 e. The summed E-state index contributed by atoms with van der Waals surface area (Å²) >= 11 is 0. The van der Waals surface area contributed by atoms with Crippen molar-refractivity contribution in [3.05, 3.63) is 54.2 Å². The number of rotatable bonds is 4. The van der Waals surface area contributed by atoms with Gasteiger partial charge in [0.2, 0.25) is 0 Å². The fraction of sp³-hybridized carbons (Fsp3) is 0.133. The van der Waals surface area contributed by atoms with E-state index in [1.165, 1.54) is 6.20 Å². The van der Waals surface area contributed by atoms with E-state index < -0.39 is 0 Å². The van der Waals surface area contributed by atoms with Crippen LogP contribution < -0.4 is 10.1 Å². The highest BCUT2D eigenvalue weighted by Gasteiger charge is 2.04. The summed E-state index contributed by atoms with van der Waals surface area (Å²) in [5.74, 6) is 0.460. The number of benzene rings is 1. The number of ether oxygens (including phenoxy) is 1. The summed E-state index contributed by atoms with van der Waals surface area (Å²) in [6, 6.07) is 9.45. The van der Waals surface area contributed by atoms with Crippen molar-refractivity contribution in [1.29, 1.82) is 0 Å². The Hall–Kier alpha value is -2.56. The van der Waals surface area contributed by atoms with E-state index in [4.69, 9.17) is 4.74 Å². The molecule has 3 rings (SSSR count). The minimum Gasteiger partial charge on any atom is -0.497 e. The molecule has 0 bridgehead atoms. The number of halogens is 1. The van der Waals surface area contributed by atoms with E-state index >= 15 is 0 Å². The van der Waals surface area contributed by atoms with Crippen molar-refractivity contribution in [2.24, 2.45) is 0 Å². The molecule has 4 nitrogen and oxygen atoms in total. The first-order valence-electron chi connectivity index (χ1n) is 6.25. The topological polar surface area (TPSA) is 49.9 Å². The van der Waals surface area contributed by atoms with E-state index in [9.17, 15) is 4.39 Å². The molecule has 0 aliphatic carbocycles. The Morgan fingerprint density at radius 2 is 2.20 bits per heavy atom. The Labute approximate surface area is 115 Å². The van der Waals surface area contributed by atoms with Crippen molar-refractivity contribution in [2.45, 2.75) is 6.54 Å². The van der Waals surface area contributed by atoms with Crippen LogP contribution >= 0.6 is 0 Å². The van der Waals surface area contributed by atoms with Gasteiger partial charge in [-0.15, -0.1) is 0 Å². The summed E-state index contributed by atoms with van der Waals surface area (Å²) in [6.45, 7) is 0.512. The van der Waals surface area contributed by atoms with Gasteiger partial charge in [0.25, 0.3) is 0 Å². The molecule has 0 amide bonds. The van der Waals surface area contributed by atoms with Gasteiger partial charge in [-0.1, -0.05) is 0 Å².